The lowest BCUT2D eigenvalue weighted by molar-refractivity contribution is -0.130. The maximum atomic E-state index is 12.7. The maximum absolute atomic E-state index is 12.7. The quantitative estimate of drug-likeness (QED) is 0.590. The molecule has 0 saturated carbocycles. The van der Waals surface area contributed by atoms with Gasteiger partial charge in [-0.15, -0.1) is 0 Å². The van der Waals surface area contributed by atoms with E-state index in [9.17, 15) is 19.2 Å². The van der Waals surface area contributed by atoms with E-state index in [1.54, 1.807) is 45.0 Å². The second-order valence-electron chi connectivity index (χ2n) is 7.85. The van der Waals surface area contributed by atoms with Crippen molar-refractivity contribution in [2.24, 2.45) is 11.8 Å². The van der Waals surface area contributed by atoms with Gasteiger partial charge in [0.1, 0.15) is 6.04 Å². The first-order valence-corrected chi connectivity index (χ1v) is 10.0. The van der Waals surface area contributed by atoms with Crippen LogP contribution < -0.4 is 21.7 Å². The Morgan fingerprint density at radius 1 is 1.03 bits per heavy atom. The van der Waals surface area contributed by atoms with E-state index in [0.29, 0.717) is 23.7 Å². The second-order valence-corrected chi connectivity index (χ2v) is 7.85. The number of benzene rings is 1. The van der Waals surface area contributed by atoms with Crippen LogP contribution >= 0.6 is 0 Å². The zero-order chi connectivity index (χ0) is 22.4. The summed E-state index contributed by atoms with van der Waals surface area (Å²) in [6, 6.07) is 5.86. The minimum absolute atomic E-state index is 0.0253. The maximum Gasteiger partial charge on any atom is 0.290 e. The number of amides is 3. The third-order valence-electron chi connectivity index (χ3n) is 4.54. The lowest BCUT2D eigenvalue weighted by atomic mass is 10.0. The molecule has 30 heavy (non-hydrogen) atoms. The number of nitrogens with one attached hydrogen (secondary N) is 3. The highest BCUT2D eigenvalue weighted by molar-refractivity contribution is 6.05. The lowest BCUT2D eigenvalue weighted by Gasteiger charge is -2.22. The number of aryl methyl sites for hydroxylation is 1. The van der Waals surface area contributed by atoms with Gasteiger partial charge in [-0.2, -0.15) is 5.10 Å². The molecule has 162 valence electrons. The van der Waals surface area contributed by atoms with Crippen molar-refractivity contribution in [1.29, 1.82) is 0 Å². The Bertz CT molecular complexity index is 997. The van der Waals surface area contributed by atoms with Crippen LogP contribution in [0.2, 0.25) is 0 Å². The highest BCUT2D eigenvalue weighted by atomic mass is 16.2. The van der Waals surface area contributed by atoms with Crippen LogP contribution in [0.25, 0.3) is 10.8 Å². The van der Waals surface area contributed by atoms with Crippen LogP contribution in [-0.2, 0) is 16.1 Å². The summed E-state index contributed by atoms with van der Waals surface area (Å²) >= 11 is 0. The predicted octanol–water partition coefficient (Wildman–Crippen LogP) is 1.36. The van der Waals surface area contributed by atoms with Gasteiger partial charge in [-0.05, 0) is 24.8 Å². The van der Waals surface area contributed by atoms with Gasteiger partial charge in [0.15, 0.2) is 5.69 Å². The number of hydrogen-bond donors (Lipinski definition) is 3. The van der Waals surface area contributed by atoms with Crippen molar-refractivity contribution in [1.82, 2.24) is 25.9 Å². The number of aromatic nitrogens is 2. The molecule has 1 unspecified atom stereocenters. The summed E-state index contributed by atoms with van der Waals surface area (Å²) in [7, 11) is 0. The summed E-state index contributed by atoms with van der Waals surface area (Å²) in [6.45, 7) is 9.48. The second kappa shape index (κ2) is 10.00. The molecule has 0 spiro atoms. The fraction of sp³-hybridized carbons (Fsp3) is 0.476. The number of fused-ring (bicyclic) bond motifs is 1. The molecule has 9 heteroatoms. The molecular formula is C21H29N5O4. The Morgan fingerprint density at radius 2 is 1.67 bits per heavy atom. The molecule has 1 heterocycles. The van der Waals surface area contributed by atoms with Gasteiger partial charge in [0, 0.05) is 18.4 Å². The smallest absolute Gasteiger partial charge is 0.290 e. The molecule has 0 saturated heterocycles. The third kappa shape index (κ3) is 5.43. The molecule has 0 aliphatic carbocycles. The molecule has 3 N–H and O–H groups in total. The van der Waals surface area contributed by atoms with Crippen molar-refractivity contribution in [3.8, 4) is 0 Å². The molecule has 0 bridgehead atoms. The number of nitrogens with zero attached hydrogens (tertiary/aromatic N) is 2. The Labute approximate surface area is 175 Å². The topological polar surface area (TPSA) is 122 Å². The average Bonchev–Trinajstić information content (AvgIpc) is 2.69. The van der Waals surface area contributed by atoms with Crippen molar-refractivity contribution in [3.05, 3.63) is 40.3 Å². The van der Waals surface area contributed by atoms with Gasteiger partial charge in [0.2, 0.25) is 5.91 Å². The summed E-state index contributed by atoms with van der Waals surface area (Å²) in [5.74, 6) is -1.44. The Balaban J connectivity index is 2.18. The first-order chi connectivity index (χ1) is 14.1. The molecule has 1 aromatic carbocycles. The largest absolute Gasteiger partial charge is 0.344 e. The minimum atomic E-state index is -0.800. The number of carbonyl (C=O) groups is 3. The van der Waals surface area contributed by atoms with Gasteiger partial charge >= 0.3 is 0 Å². The molecule has 2 aromatic rings. The van der Waals surface area contributed by atoms with Crippen molar-refractivity contribution < 1.29 is 14.4 Å². The van der Waals surface area contributed by atoms with Gasteiger partial charge < -0.3 is 5.32 Å². The first-order valence-electron chi connectivity index (χ1n) is 10.0. The average molecular weight is 415 g/mol. The van der Waals surface area contributed by atoms with E-state index in [1.165, 1.54) is 4.68 Å². The SMILES string of the molecule is CCn1nc(C(=O)NNC(=O)C(NC(=O)CC(C)C)C(C)C)c2ccccc2c1=O. The molecule has 9 nitrogen and oxygen atoms in total. The van der Waals surface area contributed by atoms with Crippen molar-refractivity contribution in [2.45, 2.75) is 53.6 Å². The van der Waals surface area contributed by atoms with Gasteiger partial charge in [-0.3, -0.25) is 30.0 Å². The van der Waals surface area contributed by atoms with Crippen molar-refractivity contribution in [2.75, 3.05) is 0 Å². The molecule has 0 aliphatic rings. The van der Waals surface area contributed by atoms with E-state index in [2.05, 4.69) is 21.3 Å². The standard InChI is InChI=1S/C21H29N5O4/c1-6-26-21(30)15-10-8-7-9-14(15)18(25-26)20(29)24-23-19(28)17(13(4)5)22-16(27)11-12(2)3/h7-10,12-13,17H,6,11H2,1-5H3,(H,22,27)(H,23,28)(H,24,29). The summed E-state index contributed by atoms with van der Waals surface area (Å²) in [6.07, 6.45) is 0.303. The van der Waals surface area contributed by atoms with Gasteiger partial charge in [-0.25, -0.2) is 4.68 Å². The zero-order valence-corrected chi connectivity index (χ0v) is 18.0. The van der Waals surface area contributed by atoms with Crippen LogP contribution in [0, 0.1) is 11.8 Å². The molecule has 1 aromatic heterocycles. The molecule has 2 rings (SSSR count). The summed E-state index contributed by atoms with van der Waals surface area (Å²) in [5, 5.41) is 7.59. The molecular weight excluding hydrogens is 386 g/mol. The highest BCUT2D eigenvalue weighted by Crippen LogP contribution is 2.13. The first kappa shape index (κ1) is 23.1. The van der Waals surface area contributed by atoms with Gasteiger partial charge in [0.25, 0.3) is 17.4 Å². The fourth-order valence-electron chi connectivity index (χ4n) is 3.01. The van der Waals surface area contributed by atoms with Crippen molar-refractivity contribution >= 4 is 28.5 Å². The Hall–Kier alpha value is -3.23. The van der Waals surface area contributed by atoms with Crippen molar-refractivity contribution in [3.63, 3.8) is 0 Å². The van der Waals surface area contributed by atoms with Crippen LogP contribution in [-0.4, -0.2) is 33.5 Å². The third-order valence-corrected chi connectivity index (χ3v) is 4.54. The van der Waals surface area contributed by atoms with Gasteiger partial charge in [0.05, 0.1) is 5.39 Å². The molecule has 1 atom stereocenters. The summed E-state index contributed by atoms with van der Waals surface area (Å²) in [5.41, 5.74) is 4.44. The van der Waals surface area contributed by atoms with E-state index >= 15 is 0 Å². The summed E-state index contributed by atoms with van der Waals surface area (Å²) < 4.78 is 1.20. The normalized spacial score (nSPS) is 12.1. The van der Waals surface area contributed by atoms with Crippen LogP contribution in [0.3, 0.4) is 0 Å². The Kier molecular flexibility index (Phi) is 7.68. The van der Waals surface area contributed by atoms with E-state index in [1.807, 2.05) is 13.8 Å². The lowest BCUT2D eigenvalue weighted by Crippen LogP contribution is -2.54. The number of hydrogen-bond acceptors (Lipinski definition) is 5. The van der Waals surface area contributed by atoms with Crippen LogP contribution in [0.5, 0.6) is 0 Å². The van der Waals surface area contributed by atoms with E-state index in [4.69, 9.17) is 0 Å². The van der Waals surface area contributed by atoms with Crippen LogP contribution in [0.1, 0.15) is 51.5 Å². The monoisotopic (exact) mass is 415 g/mol. The molecule has 0 fully saturated rings. The Morgan fingerprint density at radius 3 is 2.23 bits per heavy atom. The van der Waals surface area contributed by atoms with Crippen LogP contribution in [0.15, 0.2) is 29.1 Å². The highest BCUT2D eigenvalue weighted by Gasteiger charge is 2.25. The molecule has 0 aliphatic heterocycles. The fourth-order valence-corrected chi connectivity index (χ4v) is 3.01. The van der Waals surface area contributed by atoms with E-state index in [0.717, 1.165) is 0 Å². The predicted molar refractivity (Wildman–Crippen MR) is 114 cm³/mol. The summed E-state index contributed by atoms with van der Waals surface area (Å²) in [4.78, 5) is 49.7. The number of rotatable bonds is 7. The number of carbonyl (C=O) groups excluding carboxylic acids is 3. The van der Waals surface area contributed by atoms with Crippen LogP contribution in [0.4, 0.5) is 0 Å². The van der Waals surface area contributed by atoms with E-state index in [-0.39, 0.29) is 29.0 Å². The number of hydrazine groups is 1. The molecule has 0 radical (unpaired) electrons. The minimum Gasteiger partial charge on any atom is -0.344 e. The zero-order valence-electron chi connectivity index (χ0n) is 18.0. The molecule has 3 amide bonds. The van der Waals surface area contributed by atoms with E-state index < -0.39 is 17.9 Å². The van der Waals surface area contributed by atoms with Gasteiger partial charge in [-0.1, -0.05) is 45.9 Å².